The summed E-state index contributed by atoms with van der Waals surface area (Å²) in [6.45, 7) is 5.88. The van der Waals surface area contributed by atoms with E-state index >= 15 is 0 Å². The zero-order valence-electron chi connectivity index (χ0n) is 19.4. The van der Waals surface area contributed by atoms with Crippen molar-refractivity contribution in [1.82, 2.24) is 5.32 Å². The van der Waals surface area contributed by atoms with E-state index in [4.69, 9.17) is 0 Å². The van der Waals surface area contributed by atoms with E-state index < -0.39 is 10.0 Å². The molecule has 0 aliphatic heterocycles. The molecule has 0 spiro atoms. The molecule has 1 amide bonds. The van der Waals surface area contributed by atoms with Crippen molar-refractivity contribution in [1.29, 1.82) is 0 Å². The van der Waals surface area contributed by atoms with Crippen molar-refractivity contribution >= 4 is 21.6 Å². The van der Waals surface area contributed by atoms with E-state index in [0.717, 1.165) is 17.5 Å². The smallest absolute Gasteiger partial charge is 0.264 e. The summed E-state index contributed by atoms with van der Waals surface area (Å²) in [5.41, 5.74) is 2.40. The summed E-state index contributed by atoms with van der Waals surface area (Å²) >= 11 is 0. The van der Waals surface area contributed by atoms with Gasteiger partial charge < -0.3 is 5.32 Å². The number of sulfonamides is 1. The first-order valence-corrected chi connectivity index (χ1v) is 12.8. The van der Waals surface area contributed by atoms with Crippen LogP contribution in [0.5, 0.6) is 0 Å². The molecule has 0 radical (unpaired) electrons. The number of rotatable bonds is 10. The minimum atomic E-state index is -3.93. The largest absolute Gasteiger partial charge is 0.348 e. The fourth-order valence-corrected chi connectivity index (χ4v) is 5.36. The molecule has 3 rings (SSSR count). The molecule has 0 heterocycles. The molecule has 0 aliphatic rings. The number of hydrogen-bond donors (Lipinski definition) is 1. The lowest BCUT2D eigenvalue weighted by Gasteiger charge is -2.28. The van der Waals surface area contributed by atoms with E-state index in [2.05, 4.69) is 19.2 Å². The summed E-state index contributed by atoms with van der Waals surface area (Å²) in [7, 11) is -3.93. The van der Waals surface area contributed by atoms with Gasteiger partial charge in [0.15, 0.2) is 0 Å². The van der Waals surface area contributed by atoms with Crippen molar-refractivity contribution < 1.29 is 13.2 Å². The van der Waals surface area contributed by atoms with Crippen molar-refractivity contribution in [2.24, 2.45) is 5.92 Å². The number of nitrogens with one attached hydrogen (secondary N) is 1. The van der Waals surface area contributed by atoms with Crippen LogP contribution in [-0.2, 0) is 21.2 Å². The van der Waals surface area contributed by atoms with Gasteiger partial charge in [-0.25, -0.2) is 8.42 Å². The van der Waals surface area contributed by atoms with Crippen molar-refractivity contribution in [3.63, 3.8) is 0 Å². The third kappa shape index (κ3) is 6.23. The van der Waals surface area contributed by atoms with Gasteiger partial charge in [-0.1, -0.05) is 87.5 Å². The normalized spacial score (nSPS) is 12.4. The number of para-hydroxylation sites is 1. The average molecular weight is 465 g/mol. The first-order valence-electron chi connectivity index (χ1n) is 11.3. The van der Waals surface area contributed by atoms with Gasteiger partial charge in [-0.2, -0.15) is 0 Å². The number of anilines is 1. The Morgan fingerprint density at radius 2 is 1.45 bits per heavy atom. The monoisotopic (exact) mass is 464 g/mol. The standard InChI is InChI=1S/C27H32N2O3S/c1-4-22-13-11-12-18-26(22)29(33(31,32)24-16-9-6-10-17-24)20-27(30)28-25(19-21(2)3)23-14-7-5-8-15-23/h5-18,21,25H,4,19-20H2,1-3H3,(H,28,30)/t25-/m1/s1. The Morgan fingerprint density at radius 3 is 2.06 bits per heavy atom. The van der Waals surface area contributed by atoms with Gasteiger partial charge in [0, 0.05) is 0 Å². The quantitative estimate of drug-likeness (QED) is 0.440. The van der Waals surface area contributed by atoms with Crippen molar-refractivity contribution in [2.45, 2.75) is 44.6 Å². The van der Waals surface area contributed by atoms with E-state index in [0.29, 0.717) is 18.0 Å². The maximum Gasteiger partial charge on any atom is 0.264 e. The van der Waals surface area contributed by atoms with Gasteiger partial charge in [0.05, 0.1) is 16.6 Å². The molecule has 0 bridgehead atoms. The highest BCUT2D eigenvalue weighted by Crippen LogP contribution is 2.28. The minimum Gasteiger partial charge on any atom is -0.348 e. The summed E-state index contributed by atoms with van der Waals surface area (Å²) in [6, 6.07) is 25.2. The topological polar surface area (TPSA) is 66.5 Å². The molecule has 1 N–H and O–H groups in total. The third-order valence-electron chi connectivity index (χ3n) is 5.50. The summed E-state index contributed by atoms with van der Waals surface area (Å²) in [6.07, 6.45) is 1.41. The van der Waals surface area contributed by atoms with Gasteiger partial charge in [0.2, 0.25) is 5.91 Å². The average Bonchev–Trinajstić information content (AvgIpc) is 2.83. The third-order valence-corrected chi connectivity index (χ3v) is 7.28. The van der Waals surface area contributed by atoms with Crippen LogP contribution in [0.2, 0.25) is 0 Å². The van der Waals surface area contributed by atoms with Crippen LogP contribution in [0.4, 0.5) is 5.69 Å². The Hall–Kier alpha value is -3.12. The Balaban J connectivity index is 1.95. The zero-order valence-corrected chi connectivity index (χ0v) is 20.3. The van der Waals surface area contributed by atoms with Gasteiger partial charge in [-0.15, -0.1) is 0 Å². The Kier molecular flexibility index (Phi) is 8.28. The molecule has 3 aromatic carbocycles. The van der Waals surface area contributed by atoms with E-state index in [9.17, 15) is 13.2 Å². The van der Waals surface area contributed by atoms with Crippen LogP contribution in [0, 0.1) is 5.92 Å². The second kappa shape index (κ2) is 11.1. The molecular formula is C27H32N2O3S. The van der Waals surface area contributed by atoms with E-state index in [-0.39, 0.29) is 23.4 Å². The lowest BCUT2D eigenvalue weighted by molar-refractivity contribution is -0.120. The fraction of sp³-hybridized carbons (Fsp3) is 0.296. The molecule has 0 saturated heterocycles. The number of nitrogens with zero attached hydrogens (tertiary/aromatic N) is 1. The van der Waals surface area contributed by atoms with Gasteiger partial charge in [-0.05, 0) is 48.1 Å². The maximum absolute atomic E-state index is 13.6. The fourth-order valence-electron chi connectivity index (χ4n) is 3.88. The van der Waals surface area contributed by atoms with E-state index in [1.54, 1.807) is 42.5 Å². The van der Waals surface area contributed by atoms with Crippen LogP contribution in [0.25, 0.3) is 0 Å². The molecule has 33 heavy (non-hydrogen) atoms. The molecule has 174 valence electrons. The summed E-state index contributed by atoms with van der Waals surface area (Å²) in [4.78, 5) is 13.4. The zero-order chi connectivity index (χ0) is 23.8. The van der Waals surface area contributed by atoms with Crippen LogP contribution in [0.15, 0.2) is 89.8 Å². The molecule has 3 aromatic rings. The minimum absolute atomic E-state index is 0.158. The number of benzene rings is 3. The van der Waals surface area contributed by atoms with E-state index in [1.165, 1.54) is 4.31 Å². The predicted molar refractivity (Wildman–Crippen MR) is 134 cm³/mol. The highest BCUT2D eigenvalue weighted by Gasteiger charge is 2.29. The predicted octanol–water partition coefficient (Wildman–Crippen LogP) is 5.35. The Bertz CT molecular complexity index is 1150. The van der Waals surface area contributed by atoms with Crippen molar-refractivity contribution in [2.75, 3.05) is 10.8 Å². The summed E-state index contributed by atoms with van der Waals surface area (Å²) < 4.78 is 28.5. The Labute approximate surface area is 197 Å². The molecule has 0 unspecified atom stereocenters. The molecule has 0 aliphatic carbocycles. The van der Waals surface area contributed by atoms with Crippen LogP contribution in [-0.4, -0.2) is 20.9 Å². The molecule has 6 heteroatoms. The molecule has 1 atom stereocenters. The van der Waals surface area contributed by atoms with Crippen LogP contribution in [0.1, 0.15) is 44.4 Å². The van der Waals surface area contributed by atoms with Gasteiger partial charge in [0.1, 0.15) is 6.54 Å². The Morgan fingerprint density at radius 1 is 0.879 bits per heavy atom. The summed E-state index contributed by atoms with van der Waals surface area (Å²) in [5, 5.41) is 3.08. The second-order valence-electron chi connectivity index (χ2n) is 8.47. The van der Waals surface area contributed by atoms with E-state index in [1.807, 2.05) is 49.4 Å². The lowest BCUT2D eigenvalue weighted by atomic mass is 9.97. The van der Waals surface area contributed by atoms with Crippen LogP contribution >= 0.6 is 0 Å². The number of carbonyl (C=O) groups is 1. The highest BCUT2D eigenvalue weighted by molar-refractivity contribution is 7.92. The SMILES string of the molecule is CCc1ccccc1N(CC(=O)N[C@H](CC(C)C)c1ccccc1)S(=O)(=O)c1ccccc1. The van der Waals surface area contributed by atoms with Gasteiger partial charge in [-0.3, -0.25) is 9.10 Å². The van der Waals surface area contributed by atoms with Gasteiger partial charge in [0.25, 0.3) is 10.0 Å². The maximum atomic E-state index is 13.6. The van der Waals surface area contributed by atoms with Crippen molar-refractivity contribution in [3.05, 3.63) is 96.1 Å². The van der Waals surface area contributed by atoms with Crippen LogP contribution in [0.3, 0.4) is 0 Å². The number of hydrogen-bond acceptors (Lipinski definition) is 3. The lowest BCUT2D eigenvalue weighted by Crippen LogP contribution is -2.42. The second-order valence-corrected chi connectivity index (χ2v) is 10.3. The van der Waals surface area contributed by atoms with Gasteiger partial charge >= 0.3 is 0 Å². The molecule has 5 nitrogen and oxygen atoms in total. The van der Waals surface area contributed by atoms with Crippen LogP contribution < -0.4 is 9.62 Å². The molecule has 0 fully saturated rings. The number of aryl methyl sites for hydroxylation is 1. The highest BCUT2D eigenvalue weighted by atomic mass is 32.2. The molecule has 0 saturated carbocycles. The molecule has 0 aromatic heterocycles. The first kappa shape index (κ1) is 24.5. The molecular weight excluding hydrogens is 432 g/mol. The van der Waals surface area contributed by atoms with Crippen molar-refractivity contribution in [3.8, 4) is 0 Å². The number of amides is 1. The summed E-state index contributed by atoms with van der Waals surface area (Å²) in [5.74, 6) is 0.0235. The number of carbonyl (C=O) groups excluding carboxylic acids is 1. The first-order chi connectivity index (χ1) is 15.8.